The molecule has 0 radical (unpaired) electrons. The van der Waals surface area contributed by atoms with E-state index in [1.807, 2.05) is 37.3 Å². The Morgan fingerprint density at radius 2 is 1.79 bits per heavy atom. The first-order chi connectivity index (χ1) is 9.27. The van der Waals surface area contributed by atoms with E-state index in [-0.39, 0.29) is 5.56 Å². The van der Waals surface area contributed by atoms with E-state index in [1.165, 1.54) is 4.68 Å². The van der Waals surface area contributed by atoms with Crippen LogP contribution in [0.25, 0.3) is 5.69 Å². The summed E-state index contributed by atoms with van der Waals surface area (Å²) in [7, 11) is 0. The zero-order valence-electron chi connectivity index (χ0n) is 11.0. The fourth-order valence-electron chi connectivity index (χ4n) is 2.61. The highest BCUT2D eigenvalue weighted by atomic mass is 16.1. The third-order valence-corrected chi connectivity index (χ3v) is 3.56. The number of anilines is 1. The molecule has 2 aromatic rings. The Labute approximate surface area is 112 Å². The molecule has 4 heteroatoms. The molecule has 1 saturated heterocycles. The van der Waals surface area contributed by atoms with Gasteiger partial charge in [0.25, 0.3) is 5.56 Å². The number of para-hydroxylation sites is 1. The molecule has 1 fully saturated rings. The maximum atomic E-state index is 12.6. The van der Waals surface area contributed by atoms with Gasteiger partial charge in [-0.05, 0) is 37.5 Å². The Kier molecular flexibility index (Phi) is 3.07. The summed E-state index contributed by atoms with van der Waals surface area (Å²) < 4.78 is 1.49. The first-order valence-corrected chi connectivity index (χ1v) is 6.66. The molecule has 0 unspecified atom stereocenters. The predicted molar refractivity (Wildman–Crippen MR) is 76.0 cm³/mol. The minimum absolute atomic E-state index is 0.0203. The summed E-state index contributed by atoms with van der Waals surface area (Å²) in [6.07, 6.45) is 4.10. The topological polar surface area (TPSA) is 38.1 Å². The summed E-state index contributed by atoms with van der Waals surface area (Å²) in [6, 6.07) is 9.57. The molecule has 0 spiro atoms. The van der Waals surface area contributed by atoms with E-state index in [0.29, 0.717) is 0 Å². The minimum atomic E-state index is -0.0203. The lowest BCUT2D eigenvalue weighted by molar-refractivity contribution is 0.785. The second-order valence-electron chi connectivity index (χ2n) is 4.92. The molecule has 4 nitrogen and oxygen atoms in total. The van der Waals surface area contributed by atoms with Crippen molar-refractivity contribution in [1.82, 2.24) is 9.78 Å². The normalized spacial score (nSPS) is 14.9. The third kappa shape index (κ3) is 2.14. The third-order valence-electron chi connectivity index (χ3n) is 3.56. The van der Waals surface area contributed by atoms with E-state index in [2.05, 4.69) is 10.00 Å². The summed E-state index contributed by atoms with van der Waals surface area (Å²) in [4.78, 5) is 14.8. The number of hydrogen-bond donors (Lipinski definition) is 0. The van der Waals surface area contributed by atoms with Crippen molar-refractivity contribution in [1.29, 1.82) is 0 Å². The van der Waals surface area contributed by atoms with Gasteiger partial charge in [-0.1, -0.05) is 18.2 Å². The van der Waals surface area contributed by atoms with Gasteiger partial charge in [-0.25, -0.2) is 0 Å². The summed E-state index contributed by atoms with van der Waals surface area (Å²) >= 11 is 0. The van der Waals surface area contributed by atoms with Gasteiger partial charge in [0.05, 0.1) is 11.9 Å². The van der Waals surface area contributed by atoms with E-state index >= 15 is 0 Å². The molecule has 0 N–H and O–H groups in total. The summed E-state index contributed by atoms with van der Waals surface area (Å²) in [6.45, 7) is 3.89. The quantitative estimate of drug-likeness (QED) is 0.825. The van der Waals surface area contributed by atoms with Gasteiger partial charge in [-0.2, -0.15) is 9.78 Å². The van der Waals surface area contributed by atoms with Crippen molar-refractivity contribution in [3.05, 3.63) is 52.4 Å². The van der Waals surface area contributed by atoms with Crippen LogP contribution in [0.4, 0.5) is 5.69 Å². The highest BCUT2D eigenvalue weighted by Crippen LogP contribution is 2.19. The maximum absolute atomic E-state index is 12.6. The van der Waals surface area contributed by atoms with Crippen LogP contribution in [0.3, 0.4) is 0 Å². The Balaban J connectivity index is 2.13. The average molecular weight is 255 g/mol. The van der Waals surface area contributed by atoms with E-state index < -0.39 is 0 Å². The van der Waals surface area contributed by atoms with Crippen molar-refractivity contribution in [2.24, 2.45) is 0 Å². The fourth-order valence-corrected chi connectivity index (χ4v) is 2.61. The summed E-state index contributed by atoms with van der Waals surface area (Å²) in [5.74, 6) is 0. The molecule has 3 rings (SSSR count). The molecule has 1 aromatic carbocycles. The van der Waals surface area contributed by atoms with Crippen molar-refractivity contribution in [2.45, 2.75) is 19.8 Å². The van der Waals surface area contributed by atoms with Crippen molar-refractivity contribution >= 4 is 5.69 Å². The molecule has 0 aliphatic carbocycles. The largest absolute Gasteiger partial charge is 0.367 e. The van der Waals surface area contributed by atoms with Crippen LogP contribution >= 0.6 is 0 Å². The van der Waals surface area contributed by atoms with E-state index in [4.69, 9.17) is 0 Å². The molecule has 1 aliphatic heterocycles. The molecule has 2 heterocycles. The van der Waals surface area contributed by atoms with Gasteiger partial charge in [-0.3, -0.25) is 4.79 Å². The lowest BCUT2D eigenvalue weighted by atomic mass is 10.2. The monoisotopic (exact) mass is 255 g/mol. The molecule has 98 valence electrons. The van der Waals surface area contributed by atoms with Gasteiger partial charge in [-0.15, -0.1) is 0 Å². The van der Waals surface area contributed by atoms with Crippen molar-refractivity contribution < 1.29 is 0 Å². The van der Waals surface area contributed by atoms with Gasteiger partial charge in [0.1, 0.15) is 5.69 Å². The zero-order valence-corrected chi connectivity index (χ0v) is 11.0. The Morgan fingerprint density at radius 1 is 1.11 bits per heavy atom. The van der Waals surface area contributed by atoms with Gasteiger partial charge in [0.15, 0.2) is 0 Å². The van der Waals surface area contributed by atoms with Crippen LogP contribution in [-0.2, 0) is 0 Å². The number of nitrogens with zero attached hydrogens (tertiary/aromatic N) is 3. The SMILES string of the molecule is Cc1cnn(-c2ccccc2)c(=O)c1N1CCCC1. The number of benzene rings is 1. The maximum Gasteiger partial charge on any atom is 0.295 e. The number of hydrogen-bond acceptors (Lipinski definition) is 3. The Morgan fingerprint density at radius 3 is 2.47 bits per heavy atom. The smallest absolute Gasteiger partial charge is 0.295 e. The lowest BCUT2D eigenvalue weighted by Crippen LogP contribution is -2.31. The Bertz CT molecular complexity index is 628. The van der Waals surface area contributed by atoms with Crippen molar-refractivity contribution in [2.75, 3.05) is 18.0 Å². The summed E-state index contributed by atoms with van der Waals surface area (Å²) in [5, 5.41) is 4.26. The van der Waals surface area contributed by atoms with Crippen LogP contribution in [0.5, 0.6) is 0 Å². The molecule has 0 atom stereocenters. The highest BCUT2D eigenvalue weighted by Gasteiger charge is 2.19. The van der Waals surface area contributed by atoms with Crippen LogP contribution < -0.4 is 10.5 Å². The van der Waals surface area contributed by atoms with Gasteiger partial charge < -0.3 is 4.90 Å². The van der Waals surface area contributed by atoms with Crippen molar-refractivity contribution in [3.8, 4) is 5.69 Å². The predicted octanol–water partition coefficient (Wildman–Crippen LogP) is 2.14. The van der Waals surface area contributed by atoms with Crippen LogP contribution in [0, 0.1) is 6.92 Å². The highest BCUT2D eigenvalue weighted by molar-refractivity contribution is 5.52. The van der Waals surface area contributed by atoms with Crippen molar-refractivity contribution in [3.63, 3.8) is 0 Å². The lowest BCUT2D eigenvalue weighted by Gasteiger charge is -2.19. The molecule has 19 heavy (non-hydrogen) atoms. The van der Waals surface area contributed by atoms with Crippen LogP contribution in [-0.4, -0.2) is 22.9 Å². The molecule has 0 saturated carbocycles. The average Bonchev–Trinajstić information content (AvgIpc) is 2.94. The summed E-state index contributed by atoms with van der Waals surface area (Å²) in [5.41, 5.74) is 2.55. The molecule has 1 aliphatic rings. The van der Waals surface area contributed by atoms with E-state index in [1.54, 1.807) is 6.20 Å². The standard InChI is InChI=1S/C15H17N3O/c1-12-11-16-18(13-7-3-2-4-8-13)15(19)14(12)17-9-5-6-10-17/h2-4,7-8,11H,5-6,9-10H2,1H3. The zero-order chi connectivity index (χ0) is 13.2. The molecule has 1 aromatic heterocycles. The molecule has 0 bridgehead atoms. The number of rotatable bonds is 2. The minimum Gasteiger partial charge on any atom is -0.367 e. The van der Waals surface area contributed by atoms with Gasteiger partial charge in [0, 0.05) is 13.1 Å². The van der Waals surface area contributed by atoms with Crippen LogP contribution in [0.2, 0.25) is 0 Å². The molecular formula is C15H17N3O. The van der Waals surface area contributed by atoms with Gasteiger partial charge in [0.2, 0.25) is 0 Å². The number of aryl methyl sites for hydroxylation is 1. The second kappa shape index (κ2) is 4.88. The van der Waals surface area contributed by atoms with E-state index in [0.717, 1.165) is 42.9 Å². The fraction of sp³-hybridized carbons (Fsp3) is 0.333. The van der Waals surface area contributed by atoms with Crippen LogP contribution in [0.15, 0.2) is 41.3 Å². The van der Waals surface area contributed by atoms with E-state index in [9.17, 15) is 4.79 Å². The molecular weight excluding hydrogens is 238 g/mol. The number of aromatic nitrogens is 2. The Hall–Kier alpha value is -2.10. The van der Waals surface area contributed by atoms with Crippen LogP contribution in [0.1, 0.15) is 18.4 Å². The second-order valence-corrected chi connectivity index (χ2v) is 4.92. The first-order valence-electron chi connectivity index (χ1n) is 6.66. The van der Waals surface area contributed by atoms with Gasteiger partial charge >= 0.3 is 0 Å². The molecule has 0 amide bonds. The first kappa shape index (κ1) is 12.0.